The van der Waals surface area contributed by atoms with Crippen molar-refractivity contribution < 1.29 is 0 Å². The van der Waals surface area contributed by atoms with E-state index in [4.69, 9.17) is 5.10 Å². The summed E-state index contributed by atoms with van der Waals surface area (Å²) in [5, 5.41) is 9.36. The van der Waals surface area contributed by atoms with E-state index in [0.29, 0.717) is 0 Å². The van der Waals surface area contributed by atoms with Crippen LogP contribution in [-0.2, 0) is 13.0 Å². The molecular formula is C14H21N3. The largest absolute Gasteiger partial charge is 0.317 e. The second-order valence-electron chi connectivity index (χ2n) is 4.24. The molecule has 2 rings (SSSR count). The molecule has 92 valence electrons. The zero-order valence-electron chi connectivity index (χ0n) is 10.7. The molecule has 0 fully saturated rings. The van der Waals surface area contributed by atoms with Crippen molar-refractivity contribution in [1.29, 1.82) is 0 Å². The van der Waals surface area contributed by atoms with Crippen LogP contribution in [0, 0.1) is 0 Å². The SMILES string of the molecule is CCNCCCc1nn(CC)c2ccccc12. The van der Waals surface area contributed by atoms with Gasteiger partial charge >= 0.3 is 0 Å². The summed E-state index contributed by atoms with van der Waals surface area (Å²) in [5.74, 6) is 0. The summed E-state index contributed by atoms with van der Waals surface area (Å²) in [5.41, 5.74) is 2.49. The molecule has 0 saturated carbocycles. The summed E-state index contributed by atoms with van der Waals surface area (Å²) in [7, 11) is 0. The van der Waals surface area contributed by atoms with E-state index in [1.807, 2.05) is 0 Å². The molecule has 1 N–H and O–H groups in total. The molecule has 0 atom stereocenters. The number of aromatic nitrogens is 2. The highest BCUT2D eigenvalue weighted by Gasteiger charge is 2.07. The van der Waals surface area contributed by atoms with Crippen LogP contribution in [0.1, 0.15) is 26.0 Å². The van der Waals surface area contributed by atoms with Gasteiger partial charge in [-0.25, -0.2) is 0 Å². The third-order valence-electron chi connectivity index (χ3n) is 3.05. The molecule has 0 aliphatic heterocycles. The Morgan fingerprint density at radius 2 is 2.06 bits per heavy atom. The van der Waals surface area contributed by atoms with Gasteiger partial charge in [0.15, 0.2) is 0 Å². The fraction of sp³-hybridized carbons (Fsp3) is 0.500. The summed E-state index contributed by atoms with van der Waals surface area (Å²) >= 11 is 0. The van der Waals surface area contributed by atoms with Gasteiger partial charge in [0, 0.05) is 11.9 Å². The molecule has 0 aliphatic carbocycles. The first-order valence-corrected chi connectivity index (χ1v) is 6.52. The smallest absolute Gasteiger partial charge is 0.0703 e. The molecule has 17 heavy (non-hydrogen) atoms. The Morgan fingerprint density at radius 1 is 1.24 bits per heavy atom. The molecule has 0 aliphatic rings. The predicted molar refractivity (Wildman–Crippen MR) is 72.3 cm³/mol. The Balaban J connectivity index is 2.16. The molecule has 0 spiro atoms. The van der Waals surface area contributed by atoms with E-state index in [2.05, 4.69) is 48.1 Å². The van der Waals surface area contributed by atoms with Gasteiger partial charge in [-0.15, -0.1) is 0 Å². The standard InChI is InChI=1S/C14H21N3/c1-3-15-11-7-9-13-12-8-5-6-10-14(12)17(4-2)16-13/h5-6,8,10,15H,3-4,7,9,11H2,1-2H3. The summed E-state index contributed by atoms with van der Waals surface area (Å²) in [6.07, 6.45) is 2.21. The minimum Gasteiger partial charge on any atom is -0.317 e. The van der Waals surface area contributed by atoms with E-state index >= 15 is 0 Å². The molecule has 1 aromatic carbocycles. The third-order valence-corrected chi connectivity index (χ3v) is 3.05. The highest BCUT2D eigenvalue weighted by Crippen LogP contribution is 2.19. The van der Waals surface area contributed by atoms with Crippen LogP contribution in [0.25, 0.3) is 10.9 Å². The number of aryl methyl sites for hydroxylation is 2. The first-order chi connectivity index (χ1) is 8.36. The molecule has 0 radical (unpaired) electrons. The van der Waals surface area contributed by atoms with Crippen LogP contribution in [0.4, 0.5) is 0 Å². The lowest BCUT2D eigenvalue weighted by Crippen LogP contribution is -2.14. The maximum absolute atomic E-state index is 4.69. The van der Waals surface area contributed by atoms with Crippen molar-refractivity contribution in [1.82, 2.24) is 15.1 Å². The Labute approximate surface area is 103 Å². The van der Waals surface area contributed by atoms with Crippen LogP contribution in [0.15, 0.2) is 24.3 Å². The van der Waals surface area contributed by atoms with E-state index in [9.17, 15) is 0 Å². The molecule has 0 amide bonds. The maximum atomic E-state index is 4.69. The predicted octanol–water partition coefficient (Wildman–Crippen LogP) is 2.60. The summed E-state index contributed by atoms with van der Waals surface area (Å²) < 4.78 is 2.10. The molecule has 1 aromatic heterocycles. The number of rotatable bonds is 6. The van der Waals surface area contributed by atoms with Gasteiger partial charge in [-0.05, 0) is 38.9 Å². The molecule has 3 heteroatoms. The second kappa shape index (κ2) is 5.82. The van der Waals surface area contributed by atoms with Crippen LogP contribution in [0.2, 0.25) is 0 Å². The monoisotopic (exact) mass is 231 g/mol. The van der Waals surface area contributed by atoms with Gasteiger partial charge in [0.05, 0.1) is 11.2 Å². The van der Waals surface area contributed by atoms with Crippen molar-refractivity contribution in [3.05, 3.63) is 30.0 Å². The number of hydrogen-bond donors (Lipinski definition) is 1. The highest BCUT2D eigenvalue weighted by molar-refractivity contribution is 5.81. The molecule has 3 nitrogen and oxygen atoms in total. The minimum absolute atomic E-state index is 0.938. The average Bonchev–Trinajstić information content (AvgIpc) is 2.73. The van der Waals surface area contributed by atoms with Crippen molar-refractivity contribution in [2.75, 3.05) is 13.1 Å². The molecule has 0 unspecified atom stereocenters. The number of hydrogen-bond acceptors (Lipinski definition) is 2. The van der Waals surface area contributed by atoms with Gasteiger partial charge in [-0.3, -0.25) is 4.68 Å². The van der Waals surface area contributed by atoms with Crippen LogP contribution in [0.3, 0.4) is 0 Å². The Hall–Kier alpha value is -1.35. The number of nitrogens with zero attached hydrogens (tertiary/aromatic N) is 2. The second-order valence-corrected chi connectivity index (χ2v) is 4.24. The van der Waals surface area contributed by atoms with Crippen LogP contribution >= 0.6 is 0 Å². The van der Waals surface area contributed by atoms with E-state index in [1.165, 1.54) is 16.6 Å². The van der Waals surface area contributed by atoms with Crippen molar-refractivity contribution in [3.63, 3.8) is 0 Å². The lowest BCUT2D eigenvalue weighted by Gasteiger charge is -1.99. The zero-order valence-corrected chi connectivity index (χ0v) is 10.7. The Bertz CT molecular complexity index is 473. The van der Waals surface area contributed by atoms with Crippen LogP contribution in [-0.4, -0.2) is 22.9 Å². The highest BCUT2D eigenvalue weighted by atomic mass is 15.3. The lowest BCUT2D eigenvalue weighted by molar-refractivity contribution is 0.638. The summed E-state index contributed by atoms with van der Waals surface area (Å²) in [4.78, 5) is 0. The number of para-hydroxylation sites is 1. The van der Waals surface area contributed by atoms with Gasteiger partial charge in [0.25, 0.3) is 0 Å². The van der Waals surface area contributed by atoms with E-state index in [0.717, 1.165) is 32.5 Å². The lowest BCUT2D eigenvalue weighted by atomic mass is 10.1. The van der Waals surface area contributed by atoms with Gasteiger partial charge in [0.1, 0.15) is 0 Å². The fourth-order valence-corrected chi connectivity index (χ4v) is 2.18. The zero-order chi connectivity index (χ0) is 12.1. The van der Waals surface area contributed by atoms with Gasteiger partial charge in [-0.1, -0.05) is 25.1 Å². The number of fused-ring (bicyclic) bond motifs is 1. The molecule has 2 aromatic rings. The van der Waals surface area contributed by atoms with E-state index < -0.39 is 0 Å². The first kappa shape index (κ1) is 12.1. The van der Waals surface area contributed by atoms with E-state index in [-0.39, 0.29) is 0 Å². The number of benzene rings is 1. The van der Waals surface area contributed by atoms with Crippen molar-refractivity contribution >= 4 is 10.9 Å². The topological polar surface area (TPSA) is 29.9 Å². The molecule has 1 heterocycles. The first-order valence-electron chi connectivity index (χ1n) is 6.52. The molecular weight excluding hydrogens is 210 g/mol. The minimum atomic E-state index is 0.938. The van der Waals surface area contributed by atoms with Crippen molar-refractivity contribution in [2.24, 2.45) is 0 Å². The van der Waals surface area contributed by atoms with Gasteiger partial charge < -0.3 is 5.32 Å². The average molecular weight is 231 g/mol. The van der Waals surface area contributed by atoms with E-state index in [1.54, 1.807) is 0 Å². The molecule has 0 saturated heterocycles. The van der Waals surface area contributed by atoms with Gasteiger partial charge in [0.2, 0.25) is 0 Å². The van der Waals surface area contributed by atoms with Crippen molar-refractivity contribution in [3.8, 4) is 0 Å². The van der Waals surface area contributed by atoms with Gasteiger partial charge in [-0.2, -0.15) is 5.10 Å². The van der Waals surface area contributed by atoms with Crippen LogP contribution in [0.5, 0.6) is 0 Å². The van der Waals surface area contributed by atoms with Crippen molar-refractivity contribution in [2.45, 2.75) is 33.2 Å². The normalized spacial score (nSPS) is 11.2. The summed E-state index contributed by atoms with van der Waals surface area (Å²) in [6, 6.07) is 8.51. The maximum Gasteiger partial charge on any atom is 0.0703 e. The third kappa shape index (κ3) is 2.67. The fourth-order valence-electron chi connectivity index (χ4n) is 2.18. The van der Waals surface area contributed by atoms with Crippen LogP contribution < -0.4 is 5.32 Å². The quantitative estimate of drug-likeness (QED) is 0.774. The molecule has 0 bridgehead atoms. The Kier molecular flexibility index (Phi) is 4.15. The Morgan fingerprint density at radius 3 is 2.82 bits per heavy atom. The summed E-state index contributed by atoms with van der Waals surface area (Å²) in [6.45, 7) is 7.34. The number of nitrogens with one attached hydrogen (secondary N) is 1.